The average Bonchev–Trinajstić information content (AvgIpc) is 2.66. The summed E-state index contributed by atoms with van der Waals surface area (Å²) in [6, 6.07) is 0. The van der Waals surface area contributed by atoms with Crippen molar-refractivity contribution in [1.82, 2.24) is 10.2 Å². The van der Waals surface area contributed by atoms with E-state index in [-0.39, 0.29) is 29.4 Å². The Hall–Kier alpha value is -1.04. The molecule has 0 spiro atoms. The number of imide groups is 1. The molecule has 1 atom stereocenters. The van der Waals surface area contributed by atoms with Crippen LogP contribution in [0.5, 0.6) is 0 Å². The topological polar surface area (TPSA) is 66.5 Å². The molecule has 1 aliphatic rings. The van der Waals surface area contributed by atoms with E-state index >= 15 is 0 Å². The maximum absolute atomic E-state index is 12.1. The van der Waals surface area contributed by atoms with Crippen LogP contribution in [0.4, 0.5) is 0 Å². The van der Waals surface area contributed by atoms with E-state index in [4.69, 9.17) is 0 Å². The summed E-state index contributed by atoms with van der Waals surface area (Å²) in [7, 11) is 1.58. The van der Waals surface area contributed by atoms with E-state index in [1.165, 1.54) is 16.7 Å². The van der Waals surface area contributed by atoms with Gasteiger partial charge in [0.2, 0.25) is 17.7 Å². The van der Waals surface area contributed by atoms with Gasteiger partial charge in [-0.25, -0.2) is 0 Å². The zero-order valence-electron chi connectivity index (χ0n) is 13.3. The molecule has 0 aromatic heterocycles. The first-order valence-corrected chi connectivity index (χ1v) is 8.01. The van der Waals surface area contributed by atoms with Crippen molar-refractivity contribution >= 4 is 29.5 Å². The monoisotopic (exact) mass is 302 g/mol. The molecule has 0 radical (unpaired) electrons. The van der Waals surface area contributed by atoms with Gasteiger partial charge >= 0.3 is 0 Å². The highest BCUT2D eigenvalue weighted by Gasteiger charge is 2.43. The van der Waals surface area contributed by atoms with E-state index in [1.807, 2.05) is 34.6 Å². The first-order valence-electron chi connectivity index (χ1n) is 6.96. The minimum absolute atomic E-state index is 0.0491. The van der Waals surface area contributed by atoms with Crippen LogP contribution in [0.15, 0.2) is 0 Å². The molecule has 1 heterocycles. The van der Waals surface area contributed by atoms with Gasteiger partial charge in [0.25, 0.3) is 0 Å². The Kier molecular flexibility index (Phi) is 7.86. The number of carbonyl (C=O) groups excluding carboxylic acids is 3. The van der Waals surface area contributed by atoms with Crippen LogP contribution in [0.2, 0.25) is 0 Å². The molecule has 3 amide bonds. The third-order valence-corrected chi connectivity index (χ3v) is 3.91. The van der Waals surface area contributed by atoms with E-state index in [1.54, 1.807) is 7.05 Å². The number of amides is 3. The smallest absolute Gasteiger partial charge is 0.243 e. The van der Waals surface area contributed by atoms with Gasteiger partial charge in [0.1, 0.15) is 0 Å². The average molecular weight is 302 g/mol. The lowest BCUT2D eigenvalue weighted by molar-refractivity contribution is -0.143. The van der Waals surface area contributed by atoms with E-state index in [0.717, 1.165) is 0 Å². The van der Waals surface area contributed by atoms with Crippen LogP contribution in [-0.2, 0) is 14.4 Å². The lowest BCUT2D eigenvalue weighted by Gasteiger charge is -2.30. The fourth-order valence-electron chi connectivity index (χ4n) is 1.86. The molecule has 116 valence electrons. The van der Waals surface area contributed by atoms with Gasteiger partial charge in [-0.2, -0.15) is 0 Å². The number of likely N-dealkylation sites (tertiary alicyclic amines) is 1. The molecule has 0 bridgehead atoms. The van der Waals surface area contributed by atoms with Gasteiger partial charge in [0.15, 0.2) is 0 Å². The van der Waals surface area contributed by atoms with Crippen molar-refractivity contribution in [2.75, 3.05) is 12.8 Å². The summed E-state index contributed by atoms with van der Waals surface area (Å²) in [6.45, 7) is 9.54. The number of hydrogen-bond acceptors (Lipinski definition) is 4. The summed E-state index contributed by atoms with van der Waals surface area (Å²) in [6.07, 6.45) is 0.614. The second-order valence-electron chi connectivity index (χ2n) is 5.22. The molecule has 0 aromatic rings. The van der Waals surface area contributed by atoms with Crippen molar-refractivity contribution in [3.8, 4) is 0 Å². The zero-order chi connectivity index (χ0) is 15.9. The highest BCUT2D eigenvalue weighted by Crippen LogP contribution is 2.30. The number of hydrogen-bond donors (Lipinski definition) is 1. The minimum Gasteiger partial charge on any atom is -0.359 e. The van der Waals surface area contributed by atoms with Crippen LogP contribution >= 0.6 is 11.8 Å². The van der Waals surface area contributed by atoms with Gasteiger partial charge in [-0.05, 0) is 20.8 Å². The molecule has 1 unspecified atom stereocenters. The first kappa shape index (κ1) is 19.0. The Morgan fingerprint density at radius 1 is 1.35 bits per heavy atom. The van der Waals surface area contributed by atoms with Crippen molar-refractivity contribution in [3.05, 3.63) is 0 Å². The molecule has 1 saturated heterocycles. The summed E-state index contributed by atoms with van der Waals surface area (Å²) in [5.74, 6) is 0.257. The van der Waals surface area contributed by atoms with Gasteiger partial charge in [-0.3, -0.25) is 19.3 Å². The molecule has 1 aliphatic heterocycles. The van der Waals surface area contributed by atoms with Crippen LogP contribution in [0, 0.1) is 0 Å². The molecule has 0 aromatic carbocycles. The van der Waals surface area contributed by atoms with E-state index in [0.29, 0.717) is 12.2 Å². The largest absolute Gasteiger partial charge is 0.359 e. The predicted octanol–water partition coefficient (Wildman–Crippen LogP) is 1.81. The molecule has 1 fully saturated rings. The maximum atomic E-state index is 12.1. The van der Waals surface area contributed by atoms with Gasteiger partial charge in [0, 0.05) is 31.2 Å². The number of nitrogens with zero attached hydrogens (tertiary/aromatic N) is 1. The maximum Gasteiger partial charge on any atom is 0.243 e. The van der Waals surface area contributed by atoms with Crippen LogP contribution in [0.1, 0.15) is 47.5 Å². The van der Waals surface area contributed by atoms with E-state index in [9.17, 15) is 14.4 Å². The molecule has 6 heteroatoms. The fraction of sp³-hybridized carbons (Fsp3) is 0.786. The Bertz CT molecular complexity index is 364. The summed E-state index contributed by atoms with van der Waals surface area (Å²) >= 11 is 1.39. The molecule has 1 N–H and O–H groups in total. The van der Waals surface area contributed by atoms with Crippen LogP contribution < -0.4 is 5.32 Å². The van der Waals surface area contributed by atoms with Gasteiger partial charge in [-0.15, -0.1) is 11.8 Å². The molecule has 20 heavy (non-hydrogen) atoms. The molecule has 0 aliphatic carbocycles. The number of thioether (sulfide) groups is 1. The zero-order valence-corrected chi connectivity index (χ0v) is 14.1. The lowest BCUT2D eigenvalue weighted by Crippen LogP contribution is -2.45. The second-order valence-corrected chi connectivity index (χ2v) is 6.54. The lowest BCUT2D eigenvalue weighted by atomic mass is 10.1. The highest BCUT2D eigenvalue weighted by atomic mass is 32.2. The normalized spacial score (nSPS) is 18.7. The van der Waals surface area contributed by atoms with Gasteiger partial charge < -0.3 is 5.32 Å². The summed E-state index contributed by atoms with van der Waals surface area (Å²) in [5.41, 5.74) is -0.468. The fourth-order valence-corrected chi connectivity index (χ4v) is 2.95. The predicted molar refractivity (Wildman–Crippen MR) is 82.5 cm³/mol. The van der Waals surface area contributed by atoms with Crippen molar-refractivity contribution in [2.45, 2.75) is 58.2 Å². The Morgan fingerprint density at radius 3 is 2.30 bits per heavy atom. The van der Waals surface area contributed by atoms with Gasteiger partial charge in [-0.1, -0.05) is 13.8 Å². The summed E-state index contributed by atoms with van der Waals surface area (Å²) in [4.78, 5) is 36.3. The number of carbonyl (C=O) groups is 3. The van der Waals surface area contributed by atoms with Crippen LogP contribution in [-0.4, -0.2) is 46.2 Å². The Balaban J connectivity index is 0.00000172. The van der Waals surface area contributed by atoms with E-state index < -0.39 is 5.54 Å². The number of nitrogens with one attached hydrogen (secondary N) is 1. The molecule has 0 saturated carbocycles. The third-order valence-electron chi connectivity index (χ3n) is 2.70. The van der Waals surface area contributed by atoms with Gasteiger partial charge in [0.05, 0.1) is 5.25 Å². The molecular formula is C14H26N2O3S. The standard InChI is InChI=1S/C12H20N2O3S.C2H6/c1-12(2,3)14-10(16)7-8(11(14)17)18-6-5-9(15)13-4;1-2/h8H,5-7H2,1-4H3,(H,13,15);1-2H3. The second kappa shape index (κ2) is 8.29. The summed E-state index contributed by atoms with van der Waals surface area (Å²) < 4.78 is 0. The van der Waals surface area contributed by atoms with Crippen LogP contribution in [0.3, 0.4) is 0 Å². The number of rotatable bonds is 4. The third kappa shape index (κ3) is 5.15. The van der Waals surface area contributed by atoms with Crippen molar-refractivity contribution in [3.63, 3.8) is 0 Å². The quantitative estimate of drug-likeness (QED) is 0.804. The molecule has 5 nitrogen and oxygen atoms in total. The Morgan fingerprint density at radius 2 is 1.90 bits per heavy atom. The highest BCUT2D eigenvalue weighted by molar-refractivity contribution is 8.00. The van der Waals surface area contributed by atoms with Crippen molar-refractivity contribution in [1.29, 1.82) is 0 Å². The first-order chi connectivity index (χ1) is 9.27. The van der Waals surface area contributed by atoms with Crippen molar-refractivity contribution in [2.24, 2.45) is 0 Å². The van der Waals surface area contributed by atoms with Crippen LogP contribution in [0.25, 0.3) is 0 Å². The van der Waals surface area contributed by atoms with E-state index in [2.05, 4.69) is 5.32 Å². The van der Waals surface area contributed by atoms with Crippen molar-refractivity contribution < 1.29 is 14.4 Å². The molecule has 1 rings (SSSR count). The SMILES string of the molecule is CC.CNC(=O)CCSC1CC(=O)N(C(C)(C)C)C1=O. The molecular weight excluding hydrogens is 276 g/mol. The summed E-state index contributed by atoms with van der Waals surface area (Å²) in [5, 5.41) is 2.20. The minimum atomic E-state index is -0.468. The Labute approximate surface area is 125 Å².